The zero-order valence-electron chi connectivity index (χ0n) is 16.9. The van der Waals surface area contributed by atoms with Crippen LogP contribution in [0.2, 0.25) is 0 Å². The van der Waals surface area contributed by atoms with Gasteiger partial charge in [-0.05, 0) is 55.3 Å². The molecule has 30 heavy (non-hydrogen) atoms. The number of rotatable bonds is 6. The normalized spacial score (nSPS) is 16.6. The molecule has 1 aliphatic heterocycles. The van der Waals surface area contributed by atoms with Crippen molar-refractivity contribution in [2.45, 2.75) is 32.8 Å². The Bertz CT molecular complexity index is 977. The highest BCUT2D eigenvalue weighted by Crippen LogP contribution is 2.26. The highest BCUT2D eigenvalue weighted by atomic mass is 16.5. The number of nitriles is 1. The van der Waals surface area contributed by atoms with Crippen LogP contribution >= 0.6 is 0 Å². The van der Waals surface area contributed by atoms with E-state index in [0.29, 0.717) is 11.3 Å². The van der Waals surface area contributed by atoms with Gasteiger partial charge in [-0.25, -0.2) is 0 Å². The van der Waals surface area contributed by atoms with Gasteiger partial charge in [-0.15, -0.1) is 0 Å². The number of amides is 2. The summed E-state index contributed by atoms with van der Waals surface area (Å²) in [5, 5.41) is 11.5. The highest BCUT2D eigenvalue weighted by Gasteiger charge is 2.37. The molecule has 0 unspecified atom stereocenters. The van der Waals surface area contributed by atoms with Crippen LogP contribution in [0, 0.1) is 17.2 Å². The average Bonchev–Trinajstić information content (AvgIpc) is 3.16. The molecule has 1 N–H and O–H groups in total. The fourth-order valence-corrected chi connectivity index (χ4v) is 3.22. The van der Waals surface area contributed by atoms with Crippen LogP contribution in [0.5, 0.6) is 0 Å². The molecule has 2 aromatic rings. The van der Waals surface area contributed by atoms with Crippen LogP contribution in [0.1, 0.15) is 31.4 Å². The van der Waals surface area contributed by atoms with Crippen LogP contribution in [-0.2, 0) is 25.5 Å². The molecule has 0 bridgehead atoms. The second-order valence-electron chi connectivity index (χ2n) is 7.18. The number of anilines is 2. The van der Waals surface area contributed by atoms with E-state index in [-0.39, 0.29) is 18.9 Å². The summed E-state index contributed by atoms with van der Waals surface area (Å²) in [6.07, 6.45) is -0.0506. The Hall–Kier alpha value is -3.66. The van der Waals surface area contributed by atoms with Gasteiger partial charge in [-0.2, -0.15) is 5.26 Å². The lowest BCUT2D eigenvalue weighted by atomic mass is 10.1. The Morgan fingerprint density at radius 3 is 2.47 bits per heavy atom. The molecule has 1 fully saturated rings. The Labute approximate surface area is 175 Å². The minimum absolute atomic E-state index is 0.0539. The van der Waals surface area contributed by atoms with Crippen LogP contribution in [0.4, 0.5) is 11.4 Å². The first-order valence-corrected chi connectivity index (χ1v) is 9.82. The molecule has 7 nitrogen and oxygen atoms in total. The van der Waals surface area contributed by atoms with Crippen molar-refractivity contribution in [3.05, 3.63) is 59.7 Å². The first-order chi connectivity index (χ1) is 14.4. The van der Waals surface area contributed by atoms with Crippen molar-refractivity contribution < 1.29 is 19.1 Å². The van der Waals surface area contributed by atoms with Gasteiger partial charge in [-0.1, -0.05) is 19.1 Å². The van der Waals surface area contributed by atoms with E-state index < -0.39 is 23.9 Å². The number of hydrogen-bond donors (Lipinski definition) is 1. The van der Waals surface area contributed by atoms with Crippen molar-refractivity contribution in [1.29, 1.82) is 5.26 Å². The molecule has 0 saturated carbocycles. The van der Waals surface area contributed by atoms with Crippen molar-refractivity contribution in [3.8, 4) is 6.07 Å². The van der Waals surface area contributed by atoms with Crippen LogP contribution in [-0.4, -0.2) is 30.4 Å². The fraction of sp³-hybridized carbons (Fsp3) is 0.304. The molecule has 0 aliphatic carbocycles. The molecule has 0 spiro atoms. The minimum atomic E-state index is -1.01. The molecule has 1 aliphatic rings. The fourth-order valence-electron chi connectivity index (χ4n) is 3.22. The van der Waals surface area contributed by atoms with E-state index in [1.165, 1.54) is 12.5 Å². The first-order valence-electron chi connectivity index (χ1n) is 9.82. The van der Waals surface area contributed by atoms with Crippen molar-refractivity contribution in [2.75, 3.05) is 16.8 Å². The number of hydrogen-bond acceptors (Lipinski definition) is 5. The standard InChI is InChI=1S/C23H23N3O4/c1-3-16-6-10-20(11-7-16)26-14-18(12-21(26)27)23(29)30-15(2)22(28)25-19-8-4-17(13-24)5-9-19/h4-11,15,18H,3,12,14H2,1-2H3,(H,25,28)/t15-,18-/m1/s1. The van der Waals surface area contributed by atoms with Gasteiger partial charge in [0.05, 0.1) is 17.6 Å². The van der Waals surface area contributed by atoms with Crippen LogP contribution < -0.4 is 10.2 Å². The molecule has 2 amide bonds. The summed E-state index contributed by atoms with van der Waals surface area (Å²) in [6.45, 7) is 3.77. The monoisotopic (exact) mass is 405 g/mol. The van der Waals surface area contributed by atoms with Crippen LogP contribution in [0.25, 0.3) is 0 Å². The smallest absolute Gasteiger partial charge is 0.312 e. The number of nitrogens with one attached hydrogen (secondary N) is 1. The number of ether oxygens (including phenoxy) is 1. The maximum atomic E-state index is 12.5. The molecule has 0 radical (unpaired) electrons. The molecule has 7 heteroatoms. The quantitative estimate of drug-likeness (QED) is 0.745. The molecular formula is C23H23N3O4. The average molecular weight is 405 g/mol. The SMILES string of the molecule is CCc1ccc(N2C[C@H](C(=O)O[C@H](C)C(=O)Nc3ccc(C#N)cc3)CC2=O)cc1. The predicted molar refractivity (Wildman–Crippen MR) is 112 cm³/mol. The minimum Gasteiger partial charge on any atom is -0.452 e. The summed E-state index contributed by atoms with van der Waals surface area (Å²) in [5.41, 5.74) is 2.90. The number of esters is 1. The topological polar surface area (TPSA) is 99.5 Å². The van der Waals surface area contributed by atoms with Crippen molar-refractivity contribution in [2.24, 2.45) is 5.92 Å². The van der Waals surface area contributed by atoms with Crippen LogP contribution in [0.15, 0.2) is 48.5 Å². The molecule has 0 aromatic heterocycles. The molecular weight excluding hydrogens is 382 g/mol. The van der Waals surface area contributed by atoms with E-state index in [0.717, 1.165) is 12.1 Å². The lowest BCUT2D eigenvalue weighted by Crippen LogP contribution is -2.33. The second-order valence-corrected chi connectivity index (χ2v) is 7.18. The van der Waals surface area contributed by atoms with Crippen molar-refractivity contribution >= 4 is 29.2 Å². The van der Waals surface area contributed by atoms with Gasteiger partial charge in [0.25, 0.3) is 5.91 Å². The van der Waals surface area contributed by atoms with Gasteiger partial charge in [0.15, 0.2) is 6.10 Å². The number of carbonyl (C=O) groups is 3. The number of aryl methyl sites for hydroxylation is 1. The summed E-state index contributed by atoms with van der Waals surface area (Å²) in [7, 11) is 0. The first kappa shape index (κ1) is 21.1. The highest BCUT2D eigenvalue weighted by molar-refractivity contribution is 6.00. The molecule has 154 valence electrons. The summed E-state index contributed by atoms with van der Waals surface area (Å²) in [4.78, 5) is 38.7. The van der Waals surface area contributed by atoms with Gasteiger partial charge < -0.3 is 15.0 Å². The predicted octanol–water partition coefficient (Wildman–Crippen LogP) is 3.04. The van der Waals surface area contributed by atoms with E-state index in [4.69, 9.17) is 10.00 Å². The van der Waals surface area contributed by atoms with Crippen LogP contribution in [0.3, 0.4) is 0 Å². The molecule has 1 heterocycles. The summed E-state index contributed by atoms with van der Waals surface area (Å²) >= 11 is 0. The van der Waals surface area contributed by atoms with E-state index in [1.54, 1.807) is 29.2 Å². The molecule has 3 rings (SSSR count). The Balaban J connectivity index is 1.56. The van der Waals surface area contributed by atoms with Gasteiger partial charge in [0.2, 0.25) is 5.91 Å². The zero-order chi connectivity index (χ0) is 21.7. The van der Waals surface area contributed by atoms with Gasteiger partial charge in [0, 0.05) is 24.3 Å². The number of carbonyl (C=O) groups excluding carboxylic acids is 3. The van der Waals surface area contributed by atoms with E-state index in [1.807, 2.05) is 30.3 Å². The van der Waals surface area contributed by atoms with Gasteiger partial charge in [0.1, 0.15) is 0 Å². The molecule has 1 saturated heterocycles. The lowest BCUT2D eigenvalue weighted by Gasteiger charge is -2.18. The Kier molecular flexibility index (Phi) is 6.48. The Morgan fingerprint density at radius 2 is 1.87 bits per heavy atom. The molecule has 2 aromatic carbocycles. The van der Waals surface area contributed by atoms with Crippen molar-refractivity contribution in [3.63, 3.8) is 0 Å². The van der Waals surface area contributed by atoms with Crippen molar-refractivity contribution in [1.82, 2.24) is 0 Å². The summed E-state index contributed by atoms with van der Waals surface area (Å²) in [5.74, 6) is -1.81. The lowest BCUT2D eigenvalue weighted by molar-refractivity contribution is -0.157. The Morgan fingerprint density at radius 1 is 1.20 bits per heavy atom. The number of nitrogens with zero attached hydrogens (tertiary/aromatic N) is 2. The summed E-state index contributed by atoms with van der Waals surface area (Å²) < 4.78 is 5.30. The van der Waals surface area contributed by atoms with E-state index >= 15 is 0 Å². The van der Waals surface area contributed by atoms with E-state index in [9.17, 15) is 14.4 Å². The second kappa shape index (κ2) is 9.23. The van der Waals surface area contributed by atoms with Gasteiger partial charge in [-0.3, -0.25) is 14.4 Å². The molecule has 2 atom stereocenters. The third kappa shape index (κ3) is 4.84. The third-order valence-corrected chi connectivity index (χ3v) is 5.06. The number of benzene rings is 2. The largest absolute Gasteiger partial charge is 0.452 e. The summed E-state index contributed by atoms with van der Waals surface area (Å²) in [6, 6.07) is 16.0. The van der Waals surface area contributed by atoms with E-state index in [2.05, 4.69) is 12.2 Å². The van der Waals surface area contributed by atoms with Gasteiger partial charge >= 0.3 is 5.97 Å². The maximum absolute atomic E-state index is 12.5. The zero-order valence-corrected chi connectivity index (χ0v) is 16.9. The maximum Gasteiger partial charge on any atom is 0.312 e. The third-order valence-electron chi connectivity index (χ3n) is 5.06.